The molecule has 6 N–H and O–H groups in total. The van der Waals surface area contributed by atoms with Crippen molar-refractivity contribution >= 4 is 0 Å². The van der Waals surface area contributed by atoms with E-state index >= 15 is 0 Å². The molecule has 0 bridgehead atoms. The highest BCUT2D eigenvalue weighted by Crippen LogP contribution is 2.20. The molecule has 0 aromatic heterocycles. The van der Waals surface area contributed by atoms with Crippen molar-refractivity contribution in [2.75, 3.05) is 6.61 Å². The van der Waals surface area contributed by atoms with Crippen molar-refractivity contribution in [2.24, 2.45) is 5.73 Å². The van der Waals surface area contributed by atoms with Crippen LogP contribution in [0.15, 0.2) is 0 Å². The topological polar surface area (TPSA) is 116 Å². The van der Waals surface area contributed by atoms with Crippen LogP contribution in [0.2, 0.25) is 0 Å². The number of hydrogen-bond donors (Lipinski definition) is 5. The summed E-state index contributed by atoms with van der Waals surface area (Å²) >= 11 is 0. The summed E-state index contributed by atoms with van der Waals surface area (Å²) in [4.78, 5) is 0. The second kappa shape index (κ2) is 3.65. The van der Waals surface area contributed by atoms with E-state index in [0.29, 0.717) is 0 Å². The average molecular weight is 179 g/mol. The summed E-state index contributed by atoms with van der Waals surface area (Å²) in [5.41, 5.74) is 5.29. The molecule has 6 heteroatoms. The van der Waals surface area contributed by atoms with Gasteiger partial charge in [0.25, 0.3) is 0 Å². The van der Waals surface area contributed by atoms with E-state index in [9.17, 15) is 5.11 Å². The number of aliphatic hydroxyl groups excluding tert-OH is 4. The van der Waals surface area contributed by atoms with Crippen molar-refractivity contribution in [3.8, 4) is 0 Å². The van der Waals surface area contributed by atoms with E-state index in [1.807, 2.05) is 0 Å². The van der Waals surface area contributed by atoms with Crippen molar-refractivity contribution in [1.82, 2.24) is 0 Å². The van der Waals surface area contributed by atoms with E-state index in [2.05, 4.69) is 0 Å². The van der Waals surface area contributed by atoms with Gasteiger partial charge in [0.1, 0.15) is 18.3 Å². The van der Waals surface area contributed by atoms with Crippen LogP contribution in [0, 0.1) is 0 Å². The Morgan fingerprint density at radius 2 is 2.00 bits per heavy atom. The standard InChI is InChI=1S/C6H13NO5/c7-3-4(10)5(2(9)1-8)12-6(3)11/h2-6,8-11H,1,7H2/t2-,3+,4-,5-,6+/m1/s1. The lowest BCUT2D eigenvalue weighted by molar-refractivity contribution is -0.138. The molecule has 1 aliphatic rings. The van der Waals surface area contributed by atoms with Gasteiger partial charge >= 0.3 is 0 Å². The minimum absolute atomic E-state index is 0.541. The molecule has 1 saturated heterocycles. The van der Waals surface area contributed by atoms with Crippen molar-refractivity contribution in [1.29, 1.82) is 0 Å². The Balaban J connectivity index is 2.58. The minimum Gasteiger partial charge on any atom is -0.394 e. The van der Waals surface area contributed by atoms with Crippen molar-refractivity contribution in [3.05, 3.63) is 0 Å². The van der Waals surface area contributed by atoms with Gasteiger partial charge in [-0.05, 0) is 0 Å². The molecule has 0 spiro atoms. The molecule has 1 rings (SSSR count). The van der Waals surface area contributed by atoms with E-state index in [1.165, 1.54) is 0 Å². The predicted molar refractivity (Wildman–Crippen MR) is 38.0 cm³/mol. The summed E-state index contributed by atoms with van der Waals surface area (Å²) in [5.74, 6) is 0. The molecule has 0 radical (unpaired) electrons. The van der Waals surface area contributed by atoms with E-state index in [0.717, 1.165) is 0 Å². The van der Waals surface area contributed by atoms with Gasteiger partial charge in [-0.1, -0.05) is 0 Å². The molecule has 72 valence electrons. The van der Waals surface area contributed by atoms with Crippen LogP contribution in [-0.2, 0) is 4.74 Å². The Labute approximate surface area is 69.2 Å². The smallest absolute Gasteiger partial charge is 0.173 e. The van der Waals surface area contributed by atoms with Gasteiger partial charge in [-0.25, -0.2) is 0 Å². The van der Waals surface area contributed by atoms with Crippen LogP contribution in [0.5, 0.6) is 0 Å². The molecule has 1 fully saturated rings. The SMILES string of the molecule is N[C@H]1[C@@H](O)[C@@H]([C@H](O)CO)O[C@@H]1O. The van der Waals surface area contributed by atoms with Crippen LogP contribution in [0.1, 0.15) is 0 Å². The molecule has 0 saturated carbocycles. The van der Waals surface area contributed by atoms with Crippen LogP contribution < -0.4 is 5.73 Å². The number of rotatable bonds is 2. The first kappa shape index (κ1) is 9.85. The Bertz CT molecular complexity index is 155. The second-order valence-electron chi connectivity index (χ2n) is 2.81. The lowest BCUT2D eigenvalue weighted by atomic mass is 10.1. The molecule has 1 aliphatic heterocycles. The summed E-state index contributed by atoms with van der Waals surface area (Å²) in [6.45, 7) is -0.541. The highest BCUT2D eigenvalue weighted by Gasteiger charge is 2.43. The third kappa shape index (κ3) is 1.58. The molecular formula is C6H13NO5. The fourth-order valence-electron chi connectivity index (χ4n) is 1.14. The first-order valence-corrected chi connectivity index (χ1v) is 3.64. The zero-order valence-electron chi connectivity index (χ0n) is 6.37. The third-order valence-electron chi connectivity index (χ3n) is 1.92. The first-order chi connectivity index (χ1) is 5.57. The third-order valence-corrected chi connectivity index (χ3v) is 1.92. The lowest BCUT2D eigenvalue weighted by Crippen LogP contribution is -2.44. The second-order valence-corrected chi connectivity index (χ2v) is 2.81. The molecule has 0 aromatic rings. The van der Waals surface area contributed by atoms with Gasteiger partial charge in [-0.15, -0.1) is 0 Å². The Kier molecular flexibility index (Phi) is 2.99. The normalized spacial score (nSPS) is 44.8. The van der Waals surface area contributed by atoms with Gasteiger partial charge in [0.05, 0.1) is 12.6 Å². The van der Waals surface area contributed by atoms with Crippen LogP contribution in [0.3, 0.4) is 0 Å². The fraction of sp³-hybridized carbons (Fsp3) is 1.00. The van der Waals surface area contributed by atoms with Crippen LogP contribution >= 0.6 is 0 Å². The lowest BCUT2D eigenvalue weighted by Gasteiger charge is -2.18. The van der Waals surface area contributed by atoms with Crippen LogP contribution in [0.25, 0.3) is 0 Å². The number of hydrogen-bond acceptors (Lipinski definition) is 6. The molecule has 6 nitrogen and oxygen atoms in total. The van der Waals surface area contributed by atoms with Gasteiger partial charge < -0.3 is 30.9 Å². The Morgan fingerprint density at radius 1 is 1.42 bits per heavy atom. The molecule has 1 heterocycles. The molecule has 0 amide bonds. The van der Waals surface area contributed by atoms with Gasteiger partial charge in [0, 0.05) is 0 Å². The maximum Gasteiger partial charge on any atom is 0.173 e. The van der Waals surface area contributed by atoms with E-state index < -0.39 is 37.3 Å². The Morgan fingerprint density at radius 3 is 2.33 bits per heavy atom. The summed E-state index contributed by atoms with van der Waals surface area (Å²) < 4.78 is 4.71. The Hall–Kier alpha value is -0.240. The maximum absolute atomic E-state index is 9.25. The van der Waals surface area contributed by atoms with E-state index in [1.54, 1.807) is 0 Å². The van der Waals surface area contributed by atoms with Gasteiger partial charge in [0.2, 0.25) is 0 Å². The highest BCUT2D eigenvalue weighted by atomic mass is 16.6. The van der Waals surface area contributed by atoms with Gasteiger partial charge in [-0.2, -0.15) is 0 Å². The molecule has 12 heavy (non-hydrogen) atoms. The molecule has 0 aromatic carbocycles. The summed E-state index contributed by atoms with van der Waals surface area (Å²) in [6.07, 6.45) is -4.67. The zero-order valence-corrected chi connectivity index (χ0v) is 6.37. The van der Waals surface area contributed by atoms with Gasteiger partial charge in [0.15, 0.2) is 6.29 Å². The van der Waals surface area contributed by atoms with Crippen LogP contribution in [-0.4, -0.2) is 57.7 Å². The van der Waals surface area contributed by atoms with E-state index in [-0.39, 0.29) is 0 Å². The maximum atomic E-state index is 9.25. The summed E-state index contributed by atoms with van der Waals surface area (Å²) in [5, 5.41) is 35.8. The molecule has 5 atom stereocenters. The highest BCUT2D eigenvalue weighted by molar-refractivity contribution is 4.92. The fourth-order valence-corrected chi connectivity index (χ4v) is 1.14. The summed E-state index contributed by atoms with van der Waals surface area (Å²) in [7, 11) is 0. The summed E-state index contributed by atoms with van der Waals surface area (Å²) in [6, 6.07) is -0.934. The minimum atomic E-state index is -1.29. The van der Waals surface area contributed by atoms with E-state index in [4.69, 9.17) is 25.8 Å². The monoisotopic (exact) mass is 179 g/mol. The first-order valence-electron chi connectivity index (χ1n) is 3.64. The van der Waals surface area contributed by atoms with Gasteiger partial charge in [-0.3, -0.25) is 0 Å². The largest absolute Gasteiger partial charge is 0.394 e. The molecule has 0 unspecified atom stereocenters. The quantitative estimate of drug-likeness (QED) is 0.304. The zero-order chi connectivity index (χ0) is 9.30. The van der Waals surface area contributed by atoms with Crippen LogP contribution in [0.4, 0.5) is 0 Å². The predicted octanol–water partition coefficient (Wildman–Crippen LogP) is -3.26. The number of nitrogens with two attached hydrogens (primary N) is 1. The van der Waals surface area contributed by atoms with Crippen molar-refractivity contribution < 1.29 is 25.2 Å². The molecular weight excluding hydrogens is 166 g/mol. The number of aliphatic hydroxyl groups is 4. The van der Waals surface area contributed by atoms with Crippen molar-refractivity contribution in [2.45, 2.75) is 30.6 Å². The average Bonchev–Trinajstić information content (AvgIpc) is 2.32. The van der Waals surface area contributed by atoms with Crippen molar-refractivity contribution in [3.63, 3.8) is 0 Å². The molecule has 0 aliphatic carbocycles. The number of ether oxygens (including phenoxy) is 1.